The van der Waals surface area contributed by atoms with Gasteiger partial charge in [-0.05, 0) is 19.8 Å². The molecule has 0 radical (unpaired) electrons. The first-order chi connectivity index (χ1) is 12.2. The topological polar surface area (TPSA) is 71.1 Å². The van der Waals surface area contributed by atoms with Crippen LogP contribution in [-0.4, -0.2) is 80.4 Å². The molecule has 0 aromatic heterocycles. The molecule has 2 rings (SSSR count). The number of carbonyl (C=O) groups excluding carboxylic acids is 2. The van der Waals surface area contributed by atoms with Crippen LogP contribution in [0.4, 0.5) is 4.79 Å². The zero-order chi connectivity index (χ0) is 17.9. The summed E-state index contributed by atoms with van der Waals surface area (Å²) in [5.41, 5.74) is 0. The molecule has 0 spiro atoms. The number of nitrogens with zero attached hydrogens (tertiary/aromatic N) is 2. The second kappa shape index (κ2) is 11.3. The Morgan fingerprint density at radius 2 is 1.88 bits per heavy atom. The first kappa shape index (κ1) is 20.0. The van der Waals surface area contributed by atoms with Crippen molar-refractivity contribution in [2.75, 3.05) is 52.5 Å². The van der Waals surface area contributed by atoms with Crippen LogP contribution < -0.4 is 5.32 Å². The highest BCUT2D eigenvalue weighted by atomic mass is 16.5. The second-order valence-electron chi connectivity index (χ2n) is 6.78. The maximum absolute atomic E-state index is 12.7. The maximum Gasteiger partial charge on any atom is 0.317 e. The number of ether oxygens (including phenoxy) is 2. The van der Waals surface area contributed by atoms with E-state index in [-0.39, 0.29) is 24.5 Å². The Balaban J connectivity index is 1.82. The number of nitrogens with one attached hydrogen (secondary N) is 1. The van der Waals surface area contributed by atoms with Crippen molar-refractivity contribution in [1.29, 1.82) is 0 Å². The standard InChI is InChI=1S/C18H33N3O4/c1-2-25-17(22)8-9-21(11-10-20-12-14-24-15-13-20)18(23)19-16-6-4-3-5-7-16/h16H,2-15H2,1H3,(H,19,23). The molecule has 2 fully saturated rings. The summed E-state index contributed by atoms with van der Waals surface area (Å²) in [5, 5.41) is 3.15. The fourth-order valence-electron chi connectivity index (χ4n) is 3.37. The van der Waals surface area contributed by atoms with Crippen LogP contribution in [0, 0.1) is 0 Å². The van der Waals surface area contributed by atoms with Crippen molar-refractivity contribution >= 4 is 12.0 Å². The number of esters is 1. The Hall–Kier alpha value is -1.34. The molecule has 1 aliphatic carbocycles. The molecule has 1 saturated heterocycles. The molecule has 7 nitrogen and oxygen atoms in total. The lowest BCUT2D eigenvalue weighted by Gasteiger charge is -2.31. The summed E-state index contributed by atoms with van der Waals surface area (Å²) >= 11 is 0. The number of hydrogen-bond acceptors (Lipinski definition) is 5. The molecule has 2 amide bonds. The third-order valence-electron chi connectivity index (χ3n) is 4.90. The van der Waals surface area contributed by atoms with E-state index in [4.69, 9.17) is 9.47 Å². The molecule has 1 saturated carbocycles. The molecule has 144 valence electrons. The van der Waals surface area contributed by atoms with Gasteiger partial charge in [-0.25, -0.2) is 4.79 Å². The lowest BCUT2D eigenvalue weighted by molar-refractivity contribution is -0.143. The van der Waals surface area contributed by atoms with Crippen LogP contribution in [0.5, 0.6) is 0 Å². The lowest BCUT2D eigenvalue weighted by Crippen LogP contribution is -2.49. The Morgan fingerprint density at radius 3 is 2.56 bits per heavy atom. The van der Waals surface area contributed by atoms with Crippen LogP contribution in [0.15, 0.2) is 0 Å². The smallest absolute Gasteiger partial charge is 0.317 e. The first-order valence-corrected chi connectivity index (χ1v) is 9.70. The average molecular weight is 355 g/mol. The van der Waals surface area contributed by atoms with Crippen LogP contribution in [-0.2, 0) is 14.3 Å². The van der Waals surface area contributed by atoms with E-state index in [2.05, 4.69) is 10.2 Å². The van der Waals surface area contributed by atoms with Crippen molar-refractivity contribution in [1.82, 2.24) is 15.1 Å². The highest BCUT2D eigenvalue weighted by molar-refractivity contribution is 5.76. The molecule has 7 heteroatoms. The zero-order valence-corrected chi connectivity index (χ0v) is 15.5. The molecule has 1 heterocycles. The molecule has 0 unspecified atom stereocenters. The molecule has 25 heavy (non-hydrogen) atoms. The summed E-state index contributed by atoms with van der Waals surface area (Å²) in [4.78, 5) is 28.4. The van der Waals surface area contributed by atoms with Gasteiger partial charge in [-0.1, -0.05) is 19.3 Å². The summed E-state index contributed by atoms with van der Waals surface area (Å²) < 4.78 is 10.4. The SMILES string of the molecule is CCOC(=O)CCN(CCN1CCOCC1)C(=O)NC1CCCCC1. The van der Waals surface area contributed by atoms with Crippen molar-refractivity contribution in [3.05, 3.63) is 0 Å². The van der Waals surface area contributed by atoms with E-state index >= 15 is 0 Å². The summed E-state index contributed by atoms with van der Waals surface area (Å²) in [7, 11) is 0. The Kier molecular flexibility index (Phi) is 9.04. The quantitative estimate of drug-likeness (QED) is 0.670. The predicted octanol–water partition coefficient (Wildman–Crippen LogP) is 1.62. The number of rotatable bonds is 8. The van der Waals surface area contributed by atoms with Gasteiger partial charge in [0.05, 0.1) is 26.2 Å². The van der Waals surface area contributed by atoms with Gasteiger partial charge in [-0.15, -0.1) is 0 Å². The Labute approximate surface area is 151 Å². The maximum atomic E-state index is 12.7. The lowest BCUT2D eigenvalue weighted by atomic mass is 9.96. The summed E-state index contributed by atoms with van der Waals surface area (Å²) in [5.74, 6) is -0.246. The van der Waals surface area contributed by atoms with E-state index in [0.717, 1.165) is 45.7 Å². The van der Waals surface area contributed by atoms with Gasteiger partial charge in [0, 0.05) is 38.8 Å². The van der Waals surface area contributed by atoms with E-state index in [1.807, 2.05) is 0 Å². The van der Waals surface area contributed by atoms with E-state index in [1.165, 1.54) is 19.3 Å². The number of carbonyl (C=O) groups is 2. The molecule has 0 bridgehead atoms. The monoisotopic (exact) mass is 355 g/mol. The van der Waals surface area contributed by atoms with E-state index in [1.54, 1.807) is 11.8 Å². The fourth-order valence-corrected chi connectivity index (χ4v) is 3.37. The molecule has 0 aromatic rings. The number of urea groups is 1. The second-order valence-corrected chi connectivity index (χ2v) is 6.78. The van der Waals surface area contributed by atoms with Crippen molar-refractivity contribution in [2.24, 2.45) is 0 Å². The number of hydrogen-bond donors (Lipinski definition) is 1. The van der Waals surface area contributed by atoms with Crippen molar-refractivity contribution < 1.29 is 19.1 Å². The average Bonchev–Trinajstić information content (AvgIpc) is 2.63. The summed E-state index contributed by atoms with van der Waals surface area (Å²) in [6.45, 7) is 7.30. The molecule has 0 aromatic carbocycles. The van der Waals surface area contributed by atoms with Gasteiger partial charge < -0.3 is 19.7 Å². The van der Waals surface area contributed by atoms with Crippen LogP contribution in [0.3, 0.4) is 0 Å². The Morgan fingerprint density at radius 1 is 1.16 bits per heavy atom. The highest BCUT2D eigenvalue weighted by Gasteiger charge is 2.21. The van der Waals surface area contributed by atoms with E-state index < -0.39 is 0 Å². The van der Waals surface area contributed by atoms with Crippen molar-refractivity contribution in [3.8, 4) is 0 Å². The third kappa shape index (κ3) is 7.61. The molecule has 1 aliphatic heterocycles. The minimum atomic E-state index is -0.246. The van der Waals surface area contributed by atoms with Crippen LogP contribution in [0.25, 0.3) is 0 Å². The summed E-state index contributed by atoms with van der Waals surface area (Å²) in [6, 6.07) is 0.221. The zero-order valence-electron chi connectivity index (χ0n) is 15.5. The highest BCUT2D eigenvalue weighted by Crippen LogP contribution is 2.17. The number of morpholine rings is 1. The predicted molar refractivity (Wildman–Crippen MR) is 95.5 cm³/mol. The van der Waals surface area contributed by atoms with Crippen LogP contribution >= 0.6 is 0 Å². The molecular formula is C18H33N3O4. The number of amides is 2. The van der Waals surface area contributed by atoms with Gasteiger partial charge in [-0.3, -0.25) is 9.69 Å². The van der Waals surface area contributed by atoms with Crippen LogP contribution in [0.2, 0.25) is 0 Å². The van der Waals surface area contributed by atoms with E-state index in [0.29, 0.717) is 19.7 Å². The molecule has 1 N–H and O–H groups in total. The van der Waals surface area contributed by atoms with Gasteiger partial charge in [0.2, 0.25) is 0 Å². The molecule has 2 aliphatic rings. The van der Waals surface area contributed by atoms with Gasteiger partial charge >= 0.3 is 12.0 Å². The van der Waals surface area contributed by atoms with Gasteiger partial charge in [0.1, 0.15) is 0 Å². The minimum absolute atomic E-state index is 0.0514. The van der Waals surface area contributed by atoms with E-state index in [9.17, 15) is 9.59 Å². The van der Waals surface area contributed by atoms with Crippen molar-refractivity contribution in [3.63, 3.8) is 0 Å². The first-order valence-electron chi connectivity index (χ1n) is 9.70. The van der Waals surface area contributed by atoms with Gasteiger partial charge in [0.25, 0.3) is 0 Å². The van der Waals surface area contributed by atoms with Gasteiger partial charge in [0.15, 0.2) is 0 Å². The minimum Gasteiger partial charge on any atom is -0.466 e. The Bertz CT molecular complexity index is 407. The van der Waals surface area contributed by atoms with Gasteiger partial charge in [-0.2, -0.15) is 0 Å². The van der Waals surface area contributed by atoms with Crippen LogP contribution in [0.1, 0.15) is 45.4 Å². The summed E-state index contributed by atoms with van der Waals surface area (Å²) in [6.07, 6.45) is 5.98. The van der Waals surface area contributed by atoms with Crippen molar-refractivity contribution in [2.45, 2.75) is 51.5 Å². The third-order valence-corrected chi connectivity index (χ3v) is 4.90. The normalized spacial score (nSPS) is 19.4. The largest absolute Gasteiger partial charge is 0.466 e. The molecular weight excluding hydrogens is 322 g/mol. The fraction of sp³-hybridized carbons (Fsp3) is 0.889. The molecule has 0 atom stereocenters.